The van der Waals surface area contributed by atoms with Gasteiger partial charge in [-0.1, -0.05) is 26.0 Å². The zero-order chi connectivity index (χ0) is 14.9. The van der Waals surface area contributed by atoms with E-state index in [9.17, 15) is 9.90 Å². The second-order valence-corrected chi connectivity index (χ2v) is 5.67. The average Bonchev–Trinajstić information content (AvgIpc) is 2.79. The van der Waals surface area contributed by atoms with Gasteiger partial charge in [-0.2, -0.15) is 0 Å². The molecular formula is C16H22N2O2. The first-order chi connectivity index (χ1) is 9.43. The van der Waals surface area contributed by atoms with E-state index in [4.69, 9.17) is 4.98 Å². The smallest absolute Gasteiger partial charge is 0.329 e. The van der Waals surface area contributed by atoms with Crippen LogP contribution in [0.1, 0.15) is 52.3 Å². The van der Waals surface area contributed by atoms with E-state index in [2.05, 4.69) is 13.8 Å². The summed E-state index contributed by atoms with van der Waals surface area (Å²) >= 11 is 0. The fourth-order valence-electron chi connectivity index (χ4n) is 2.66. The number of imidazole rings is 1. The van der Waals surface area contributed by atoms with Crippen LogP contribution in [0.3, 0.4) is 0 Å². The van der Waals surface area contributed by atoms with Gasteiger partial charge >= 0.3 is 5.97 Å². The molecule has 1 aromatic carbocycles. The molecule has 108 valence electrons. The summed E-state index contributed by atoms with van der Waals surface area (Å²) in [6, 6.07) is 7.74. The van der Waals surface area contributed by atoms with E-state index in [1.54, 1.807) is 13.8 Å². The van der Waals surface area contributed by atoms with Gasteiger partial charge in [0.1, 0.15) is 11.4 Å². The third kappa shape index (κ3) is 2.19. The van der Waals surface area contributed by atoms with Crippen molar-refractivity contribution in [2.24, 2.45) is 0 Å². The summed E-state index contributed by atoms with van der Waals surface area (Å²) in [7, 11) is 0. The number of rotatable bonds is 5. The van der Waals surface area contributed by atoms with E-state index in [1.165, 1.54) is 0 Å². The van der Waals surface area contributed by atoms with Crippen molar-refractivity contribution in [2.45, 2.75) is 52.0 Å². The molecule has 0 saturated carbocycles. The molecule has 1 aromatic heterocycles. The van der Waals surface area contributed by atoms with Crippen LogP contribution in [-0.2, 0) is 10.3 Å². The Bertz CT molecular complexity index is 624. The minimum Gasteiger partial charge on any atom is -0.480 e. The maximum Gasteiger partial charge on any atom is 0.329 e. The molecule has 2 aromatic rings. The molecule has 0 fully saturated rings. The number of carboxylic acids is 1. The van der Waals surface area contributed by atoms with Crippen molar-refractivity contribution < 1.29 is 9.90 Å². The molecule has 1 heterocycles. The highest BCUT2D eigenvalue weighted by Crippen LogP contribution is 2.32. The summed E-state index contributed by atoms with van der Waals surface area (Å²) in [5.41, 5.74) is 0.749. The molecule has 0 radical (unpaired) electrons. The molecule has 4 nitrogen and oxygen atoms in total. The van der Waals surface area contributed by atoms with Crippen molar-refractivity contribution in [3.05, 3.63) is 30.1 Å². The van der Waals surface area contributed by atoms with E-state index in [0.29, 0.717) is 0 Å². The predicted molar refractivity (Wildman–Crippen MR) is 80.0 cm³/mol. The van der Waals surface area contributed by atoms with Crippen LogP contribution in [0.2, 0.25) is 0 Å². The van der Waals surface area contributed by atoms with Gasteiger partial charge in [0, 0.05) is 5.92 Å². The summed E-state index contributed by atoms with van der Waals surface area (Å²) in [6.45, 7) is 7.70. The summed E-state index contributed by atoms with van der Waals surface area (Å²) in [6.07, 6.45) is 1.91. The van der Waals surface area contributed by atoms with Crippen LogP contribution >= 0.6 is 0 Å². The molecule has 0 saturated heterocycles. The van der Waals surface area contributed by atoms with Crippen molar-refractivity contribution in [1.82, 2.24) is 9.55 Å². The Balaban J connectivity index is 2.77. The Labute approximate surface area is 119 Å². The van der Waals surface area contributed by atoms with E-state index in [1.807, 2.05) is 28.8 Å². The molecule has 20 heavy (non-hydrogen) atoms. The number of aromatic nitrogens is 2. The molecule has 0 aliphatic heterocycles. The van der Waals surface area contributed by atoms with Crippen LogP contribution in [0.15, 0.2) is 24.3 Å². The Kier molecular flexibility index (Phi) is 3.84. The Morgan fingerprint density at radius 1 is 1.30 bits per heavy atom. The van der Waals surface area contributed by atoms with Crippen molar-refractivity contribution >= 4 is 17.0 Å². The number of para-hydroxylation sites is 2. The van der Waals surface area contributed by atoms with Crippen LogP contribution in [0.25, 0.3) is 11.0 Å². The van der Waals surface area contributed by atoms with E-state index >= 15 is 0 Å². The summed E-state index contributed by atoms with van der Waals surface area (Å²) in [5, 5.41) is 9.58. The summed E-state index contributed by atoms with van der Waals surface area (Å²) < 4.78 is 1.89. The Hall–Kier alpha value is -1.84. The molecule has 0 spiro atoms. The van der Waals surface area contributed by atoms with Gasteiger partial charge in [0.05, 0.1) is 11.0 Å². The number of benzene rings is 1. The number of carbonyl (C=O) groups is 1. The number of hydrogen-bond acceptors (Lipinski definition) is 2. The van der Waals surface area contributed by atoms with Crippen LogP contribution in [0, 0.1) is 0 Å². The van der Waals surface area contributed by atoms with Gasteiger partial charge in [0.15, 0.2) is 0 Å². The van der Waals surface area contributed by atoms with Crippen molar-refractivity contribution in [3.63, 3.8) is 0 Å². The minimum absolute atomic E-state index is 0.279. The lowest BCUT2D eigenvalue weighted by Gasteiger charge is -2.27. The zero-order valence-electron chi connectivity index (χ0n) is 12.6. The first-order valence-electron chi connectivity index (χ1n) is 7.14. The van der Waals surface area contributed by atoms with Crippen molar-refractivity contribution in [2.75, 3.05) is 0 Å². The highest BCUT2D eigenvalue weighted by atomic mass is 16.4. The molecule has 0 atom stereocenters. The van der Waals surface area contributed by atoms with Gasteiger partial charge in [-0.05, 0) is 38.8 Å². The summed E-state index contributed by atoms with van der Waals surface area (Å²) in [5.74, 6) is 0.317. The van der Waals surface area contributed by atoms with E-state index in [-0.39, 0.29) is 5.92 Å². The molecule has 0 unspecified atom stereocenters. The third-order valence-corrected chi connectivity index (χ3v) is 4.02. The number of fused-ring (bicyclic) bond motifs is 1. The lowest BCUT2D eigenvalue weighted by molar-refractivity contribution is -0.145. The number of aliphatic carboxylic acids is 1. The lowest BCUT2D eigenvalue weighted by Crippen LogP contribution is -2.37. The average molecular weight is 274 g/mol. The molecule has 0 aliphatic carbocycles. The quantitative estimate of drug-likeness (QED) is 0.903. The number of carboxylic acid groups (broad SMARTS) is 1. The molecule has 1 N–H and O–H groups in total. The molecular weight excluding hydrogens is 252 g/mol. The SMILES string of the molecule is CCC(CC)c1nc2ccccc2n1C(C)(C)C(=O)O. The fourth-order valence-corrected chi connectivity index (χ4v) is 2.66. The fraction of sp³-hybridized carbons (Fsp3) is 0.500. The minimum atomic E-state index is -1.01. The topological polar surface area (TPSA) is 55.1 Å². The molecule has 4 heteroatoms. The van der Waals surface area contributed by atoms with E-state index in [0.717, 1.165) is 29.7 Å². The lowest BCUT2D eigenvalue weighted by atomic mass is 9.99. The van der Waals surface area contributed by atoms with Crippen molar-refractivity contribution in [1.29, 1.82) is 0 Å². The molecule has 0 bridgehead atoms. The first-order valence-corrected chi connectivity index (χ1v) is 7.14. The van der Waals surface area contributed by atoms with Gasteiger partial charge < -0.3 is 9.67 Å². The second kappa shape index (κ2) is 5.27. The molecule has 2 rings (SSSR count). The maximum absolute atomic E-state index is 11.7. The normalized spacial score (nSPS) is 12.2. The Morgan fingerprint density at radius 3 is 2.45 bits per heavy atom. The second-order valence-electron chi connectivity index (χ2n) is 5.67. The van der Waals surface area contributed by atoms with Crippen LogP contribution < -0.4 is 0 Å². The molecule has 0 aliphatic rings. The van der Waals surface area contributed by atoms with Crippen LogP contribution in [0.5, 0.6) is 0 Å². The molecule has 0 amide bonds. The largest absolute Gasteiger partial charge is 0.480 e. The van der Waals surface area contributed by atoms with Gasteiger partial charge in [-0.25, -0.2) is 9.78 Å². The standard InChI is InChI=1S/C16H22N2O2/c1-5-11(6-2)14-17-12-9-7-8-10-13(12)18(14)16(3,4)15(19)20/h7-11H,5-6H2,1-4H3,(H,19,20). The van der Waals surface area contributed by atoms with E-state index < -0.39 is 11.5 Å². The first kappa shape index (κ1) is 14.6. The Morgan fingerprint density at radius 2 is 1.90 bits per heavy atom. The maximum atomic E-state index is 11.7. The van der Waals surface area contributed by atoms with Gasteiger partial charge in [0.2, 0.25) is 0 Å². The highest BCUT2D eigenvalue weighted by molar-refractivity contribution is 5.82. The van der Waals surface area contributed by atoms with Gasteiger partial charge in [-0.15, -0.1) is 0 Å². The van der Waals surface area contributed by atoms with Crippen LogP contribution in [-0.4, -0.2) is 20.6 Å². The monoisotopic (exact) mass is 274 g/mol. The predicted octanol–water partition coefficient (Wildman–Crippen LogP) is 3.76. The third-order valence-electron chi connectivity index (χ3n) is 4.02. The van der Waals surface area contributed by atoms with Crippen LogP contribution in [0.4, 0.5) is 0 Å². The number of nitrogens with zero attached hydrogens (tertiary/aromatic N) is 2. The van der Waals surface area contributed by atoms with Crippen molar-refractivity contribution in [3.8, 4) is 0 Å². The van der Waals surface area contributed by atoms with Gasteiger partial charge in [-0.3, -0.25) is 0 Å². The summed E-state index contributed by atoms with van der Waals surface area (Å²) in [4.78, 5) is 16.4. The van der Waals surface area contributed by atoms with Gasteiger partial charge in [0.25, 0.3) is 0 Å². The zero-order valence-corrected chi connectivity index (χ0v) is 12.6. The highest BCUT2D eigenvalue weighted by Gasteiger charge is 2.34. The number of hydrogen-bond donors (Lipinski definition) is 1.